The summed E-state index contributed by atoms with van der Waals surface area (Å²) in [4.78, 5) is 24.5. The van der Waals surface area contributed by atoms with Crippen molar-refractivity contribution < 1.29 is 14.3 Å². The Balaban J connectivity index is 1.71. The Morgan fingerprint density at radius 2 is 2.04 bits per heavy atom. The summed E-state index contributed by atoms with van der Waals surface area (Å²) < 4.78 is 10.8. The van der Waals surface area contributed by atoms with Crippen molar-refractivity contribution in [3.8, 4) is 0 Å². The van der Waals surface area contributed by atoms with Gasteiger partial charge in [-0.25, -0.2) is 9.97 Å². The summed E-state index contributed by atoms with van der Waals surface area (Å²) in [6.45, 7) is 7.34. The second-order valence-electron chi connectivity index (χ2n) is 8.58. The molecule has 1 aliphatic heterocycles. The number of aromatic nitrogens is 2. The van der Waals surface area contributed by atoms with Crippen LogP contribution in [0.15, 0.2) is 6.20 Å². The first-order chi connectivity index (χ1) is 13.5. The Bertz CT molecular complexity index is 658. The Morgan fingerprint density at radius 1 is 1.25 bits per heavy atom. The molecule has 0 spiro atoms. The fraction of sp³-hybridized carbons (Fsp3) is 0.773. The average Bonchev–Trinajstić information content (AvgIpc) is 2.72. The van der Waals surface area contributed by atoms with E-state index in [2.05, 4.69) is 16.8 Å². The molecule has 28 heavy (non-hydrogen) atoms. The van der Waals surface area contributed by atoms with E-state index in [1.54, 1.807) is 7.11 Å². The summed E-state index contributed by atoms with van der Waals surface area (Å²) in [5.74, 6) is 1.38. The zero-order valence-electron chi connectivity index (χ0n) is 17.7. The second-order valence-corrected chi connectivity index (χ2v) is 8.58. The van der Waals surface area contributed by atoms with Gasteiger partial charge in [-0.15, -0.1) is 0 Å². The molecule has 0 bridgehead atoms. The summed E-state index contributed by atoms with van der Waals surface area (Å²) in [5.41, 5.74) is 1.91. The molecule has 0 aromatic carbocycles. The fourth-order valence-electron chi connectivity index (χ4n) is 4.61. The number of aryl methyl sites for hydroxylation is 1. The first-order valence-electron chi connectivity index (χ1n) is 10.7. The van der Waals surface area contributed by atoms with Crippen LogP contribution in [0.5, 0.6) is 0 Å². The molecule has 156 valence electrons. The fourth-order valence-corrected chi connectivity index (χ4v) is 4.61. The molecule has 2 aliphatic rings. The van der Waals surface area contributed by atoms with Gasteiger partial charge in [-0.2, -0.15) is 0 Å². The summed E-state index contributed by atoms with van der Waals surface area (Å²) in [7, 11) is 1.67. The van der Waals surface area contributed by atoms with Gasteiger partial charge < -0.3 is 14.4 Å². The quantitative estimate of drug-likeness (QED) is 0.667. The third-order valence-corrected chi connectivity index (χ3v) is 6.28. The molecule has 6 heteroatoms. The maximum absolute atomic E-state index is 13.3. The standard InChI is InChI=1S/C22H35N3O3/c1-17-23-14-19(16-28-13-12-27-3)20(24-17)18-8-7-11-25(15-18)21(26)22(2)9-5-4-6-10-22/h14,18H,4-13,15-16H2,1-3H3. The molecule has 2 heterocycles. The molecular weight excluding hydrogens is 354 g/mol. The van der Waals surface area contributed by atoms with Crippen molar-refractivity contribution in [1.82, 2.24) is 14.9 Å². The molecule has 3 rings (SSSR count). The van der Waals surface area contributed by atoms with Crippen molar-refractivity contribution in [2.45, 2.75) is 71.3 Å². The largest absolute Gasteiger partial charge is 0.382 e. The second kappa shape index (κ2) is 9.79. The molecule has 1 atom stereocenters. The van der Waals surface area contributed by atoms with Crippen LogP contribution >= 0.6 is 0 Å². The molecule has 1 aromatic rings. The number of carbonyl (C=O) groups is 1. The van der Waals surface area contributed by atoms with Gasteiger partial charge in [0, 0.05) is 43.3 Å². The maximum atomic E-state index is 13.3. The van der Waals surface area contributed by atoms with Crippen molar-refractivity contribution in [2.24, 2.45) is 5.41 Å². The topological polar surface area (TPSA) is 64.6 Å². The molecule has 1 saturated carbocycles. The molecule has 0 N–H and O–H groups in total. The third-order valence-electron chi connectivity index (χ3n) is 6.28. The third kappa shape index (κ3) is 5.09. The summed E-state index contributed by atoms with van der Waals surface area (Å²) in [6.07, 6.45) is 9.63. The van der Waals surface area contributed by atoms with Crippen molar-refractivity contribution in [3.05, 3.63) is 23.3 Å². The highest BCUT2D eigenvalue weighted by atomic mass is 16.5. The van der Waals surface area contributed by atoms with E-state index in [1.165, 1.54) is 19.3 Å². The zero-order valence-corrected chi connectivity index (χ0v) is 17.7. The van der Waals surface area contributed by atoms with Gasteiger partial charge in [0.05, 0.1) is 25.5 Å². The lowest BCUT2D eigenvalue weighted by Gasteiger charge is -2.40. The number of rotatable bonds is 7. The van der Waals surface area contributed by atoms with E-state index < -0.39 is 0 Å². The SMILES string of the molecule is COCCOCc1cnc(C)nc1C1CCCN(C(=O)C2(C)CCCCC2)C1. The van der Waals surface area contributed by atoms with E-state index in [0.29, 0.717) is 25.7 Å². The summed E-state index contributed by atoms with van der Waals surface area (Å²) in [6, 6.07) is 0. The number of likely N-dealkylation sites (tertiary alicyclic amines) is 1. The highest BCUT2D eigenvalue weighted by Gasteiger charge is 2.39. The Hall–Kier alpha value is -1.53. The predicted molar refractivity (Wildman–Crippen MR) is 108 cm³/mol. The van der Waals surface area contributed by atoms with Crippen LogP contribution in [0.4, 0.5) is 0 Å². The van der Waals surface area contributed by atoms with Crippen LogP contribution in [0.2, 0.25) is 0 Å². The number of hydrogen-bond donors (Lipinski definition) is 0. The van der Waals surface area contributed by atoms with Crippen LogP contribution in [0.25, 0.3) is 0 Å². The highest BCUT2D eigenvalue weighted by Crippen LogP contribution is 2.39. The molecular formula is C22H35N3O3. The van der Waals surface area contributed by atoms with Gasteiger partial charge in [0.1, 0.15) is 5.82 Å². The van der Waals surface area contributed by atoms with E-state index in [9.17, 15) is 4.79 Å². The van der Waals surface area contributed by atoms with Crippen LogP contribution in [-0.2, 0) is 20.9 Å². The molecule has 6 nitrogen and oxygen atoms in total. The van der Waals surface area contributed by atoms with Gasteiger partial charge >= 0.3 is 0 Å². The number of amides is 1. The number of carbonyl (C=O) groups excluding carboxylic acids is 1. The smallest absolute Gasteiger partial charge is 0.228 e. The Kier molecular flexibility index (Phi) is 7.41. The van der Waals surface area contributed by atoms with Gasteiger partial charge in [0.25, 0.3) is 0 Å². The first-order valence-corrected chi connectivity index (χ1v) is 10.7. The molecule has 1 unspecified atom stereocenters. The van der Waals surface area contributed by atoms with Crippen LogP contribution in [0.1, 0.15) is 74.9 Å². The highest BCUT2D eigenvalue weighted by molar-refractivity contribution is 5.82. The molecule has 1 amide bonds. The molecule has 1 aliphatic carbocycles. The van der Waals surface area contributed by atoms with Crippen LogP contribution in [0, 0.1) is 12.3 Å². The summed E-state index contributed by atoms with van der Waals surface area (Å²) >= 11 is 0. The Morgan fingerprint density at radius 3 is 2.79 bits per heavy atom. The van der Waals surface area contributed by atoms with Gasteiger partial charge in [0.2, 0.25) is 5.91 Å². The Labute approximate surface area is 169 Å². The normalized spacial score (nSPS) is 22.2. The van der Waals surface area contributed by atoms with Gasteiger partial charge in [0.15, 0.2) is 0 Å². The molecule has 1 aromatic heterocycles. The first kappa shape index (κ1) is 21.2. The maximum Gasteiger partial charge on any atom is 0.228 e. The van der Waals surface area contributed by atoms with Crippen LogP contribution in [-0.4, -0.2) is 54.2 Å². The van der Waals surface area contributed by atoms with Gasteiger partial charge in [-0.3, -0.25) is 4.79 Å². The number of ether oxygens (including phenoxy) is 2. The van der Waals surface area contributed by atoms with Crippen LogP contribution in [0.3, 0.4) is 0 Å². The van der Waals surface area contributed by atoms with Crippen molar-refractivity contribution in [2.75, 3.05) is 33.4 Å². The van der Waals surface area contributed by atoms with E-state index in [1.807, 2.05) is 13.1 Å². The minimum atomic E-state index is -0.173. The lowest BCUT2D eigenvalue weighted by Crippen LogP contribution is -2.47. The van der Waals surface area contributed by atoms with E-state index >= 15 is 0 Å². The minimum absolute atomic E-state index is 0.173. The number of nitrogens with zero attached hydrogens (tertiary/aromatic N) is 3. The van der Waals surface area contributed by atoms with Gasteiger partial charge in [-0.05, 0) is 32.6 Å². The zero-order chi connectivity index (χ0) is 20.0. The minimum Gasteiger partial charge on any atom is -0.382 e. The molecule has 1 saturated heterocycles. The predicted octanol–water partition coefficient (Wildman–Crippen LogP) is 3.62. The van der Waals surface area contributed by atoms with Crippen molar-refractivity contribution in [3.63, 3.8) is 0 Å². The van der Waals surface area contributed by atoms with Crippen molar-refractivity contribution >= 4 is 5.91 Å². The van der Waals surface area contributed by atoms with E-state index in [0.717, 1.165) is 55.9 Å². The lowest BCUT2D eigenvalue weighted by molar-refractivity contribution is -0.144. The molecule has 2 fully saturated rings. The number of hydrogen-bond acceptors (Lipinski definition) is 5. The van der Waals surface area contributed by atoms with E-state index in [4.69, 9.17) is 14.5 Å². The average molecular weight is 390 g/mol. The van der Waals surface area contributed by atoms with Crippen LogP contribution < -0.4 is 0 Å². The lowest BCUT2D eigenvalue weighted by atomic mass is 9.74. The monoisotopic (exact) mass is 389 g/mol. The van der Waals surface area contributed by atoms with Crippen molar-refractivity contribution in [1.29, 1.82) is 0 Å². The van der Waals surface area contributed by atoms with Gasteiger partial charge in [-0.1, -0.05) is 26.2 Å². The van der Waals surface area contributed by atoms with E-state index in [-0.39, 0.29) is 11.3 Å². The number of methoxy groups -OCH3 is 1. The number of piperidine rings is 1. The summed E-state index contributed by atoms with van der Waals surface area (Å²) in [5, 5.41) is 0. The molecule has 0 radical (unpaired) electrons.